The van der Waals surface area contributed by atoms with Crippen LogP contribution < -0.4 is 16.4 Å². The van der Waals surface area contributed by atoms with E-state index in [9.17, 15) is 28.8 Å². The quantitative estimate of drug-likeness (QED) is 0.0665. The normalized spacial score (nSPS) is 30.8. The molecule has 0 aromatic heterocycles. The first kappa shape index (κ1) is 42.8. The van der Waals surface area contributed by atoms with Crippen molar-refractivity contribution in [1.29, 1.82) is 0 Å². The van der Waals surface area contributed by atoms with Crippen LogP contribution in [0.2, 0.25) is 0 Å². The molecule has 4 rings (SSSR count). The zero-order valence-corrected chi connectivity index (χ0v) is 33.1. The summed E-state index contributed by atoms with van der Waals surface area (Å²) in [4.78, 5) is 72.7. The second kappa shape index (κ2) is 18.6. The Hall–Kier alpha value is -2.93. The van der Waals surface area contributed by atoms with Crippen LogP contribution in [0.1, 0.15) is 118 Å². The summed E-state index contributed by atoms with van der Waals surface area (Å²) in [7, 11) is 0. The number of ketones is 1. The van der Waals surface area contributed by atoms with Gasteiger partial charge >= 0.3 is 17.9 Å². The van der Waals surface area contributed by atoms with Crippen LogP contribution in [0, 0.1) is 46.3 Å². The second-order valence-corrected chi connectivity index (χ2v) is 18.4. The first-order chi connectivity index (χ1) is 24.9. The molecule has 12 nitrogen and oxygen atoms in total. The average Bonchev–Trinajstić information content (AvgIpc) is 3.42. The Balaban J connectivity index is 1.29. The number of thioether (sulfide) groups is 1. The van der Waals surface area contributed by atoms with Gasteiger partial charge in [0.15, 0.2) is 0 Å². The van der Waals surface area contributed by atoms with E-state index < -0.39 is 54.1 Å². The predicted octanol–water partition coefficient (Wildman–Crippen LogP) is 5.12. The zero-order valence-electron chi connectivity index (χ0n) is 32.3. The lowest BCUT2D eigenvalue weighted by Gasteiger charge is -2.60. The van der Waals surface area contributed by atoms with Gasteiger partial charge < -0.3 is 31.3 Å². The third-order valence-corrected chi connectivity index (χ3v) is 14.3. The van der Waals surface area contributed by atoms with Crippen molar-refractivity contribution >= 4 is 47.3 Å². The minimum Gasteiger partial charge on any atom is -0.480 e. The second-order valence-electron chi connectivity index (χ2n) is 17.3. The minimum absolute atomic E-state index is 0.129. The number of carbonyl (C=O) groups excluding carboxylic acids is 4. The van der Waals surface area contributed by atoms with Gasteiger partial charge in [0.05, 0.1) is 5.75 Å². The number of aliphatic carboxylic acids is 2. The Labute approximate surface area is 318 Å². The van der Waals surface area contributed by atoms with Gasteiger partial charge in [-0.3, -0.25) is 24.0 Å². The van der Waals surface area contributed by atoms with E-state index in [4.69, 9.17) is 20.7 Å². The largest absolute Gasteiger partial charge is 0.480 e. The molecule has 0 bridgehead atoms. The van der Waals surface area contributed by atoms with Gasteiger partial charge in [0.25, 0.3) is 0 Å². The van der Waals surface area contributed by atoms with Crippen LogP contribution >= 0.6 is 11.8 Å². The van der Waals surface area contributed by atoms with E-state index in [0.717, 1.165) is 48.3 Å². The number of carbonyl (C=O) groups is 6. The smallest absolute Gasteiger partial charge is 0.375 e. The Morgan fingerprint density at radius 3 is 2.40 bits per heavy atom. The average molecular weight is 762 g/mol. The van der Waals surface area contributed by atoms with Crippen molar-refractivity contribution in [2.45, 2.75) is 136 Å². The summed E-state index contributed by atoms with van der Waals surface area (Å²) < 4.78 is 5.75. The fourth-order valence-corrected chi connectivity index (χ4v) is 11.3. The maximum absolute atomic E-state index is 12.9. The maximum Gasteiger partial charge on any atom is 0.375 e. The molecule has 53 heavy (non-hydrogen) atoms. The fraction of sp³-hybridized carbons (Fsp3) is 0.800. The molecule has 0 spiro atoms. The summed E-state index contributed by atoms with van der Waals surface area (Å²) in [6.45, 7) is 11.6. The van der Waals surface area contributed by atoms with E-state index in [1.54, 1.807) is 0 Å². The molecule has 298 valence electrons. The van der Waals surface area contributed by atoms with Crippen molar-refractivity contribution in [3.05, 3.63) is 11.6 Å². The van der Waals surface area contributed by atoms with Gasteiger partial charge in [0.2, 0.25) is 17.6 Å². The number of carboxylic acid groups (broad SMARTS) is 2. The van der Waals surface area contributed by atoms with Gasteiger partial charge in [-0.2, -0.15) is 11.8 Å². The third kappa shape index (κ3) is 10.9. The Morgan fingerprint density at radius 2 is 1.72 bits per heavy atom. The molecule has 4 aliphatic rings. The summed E-state index contributed by atoms with van der Waals surface area (Å²) in [6.07, 6.45) is 14.1. The Bertz CT molecular complexity index is 1400. The van der Waals surface area contributed by atoms with Crippen molar-refractivity contribution in [1.82, 2.24) is 10.6 Å². The van der Waals surface area contributed by atoms with Gasteiger partial charge in [-0.05, 0) is 97.7 Å². The number of nitrogens with two attached hydrogens (primary N) is 1. The number of carboxylic acids is 2. The van der Waals surface area contributed by atoms with Crippen molar-refractivity contribution in [3.63, 3.8) is 0 Å². The van der Waals surface area contributed by atoms with Gasteiger partial charge in [-0.25, -0.2) is 4.79 Å². The lowest BCUT2D eigenvalue weighted by molar-refractivity contribution is -0.158. The lowest BCUT2D eigenvalue weighted by Crippen LogP contribution is -2.52. The molecule has 2 amide bonds. The van der Waals surface area contributed by atoms with E-state index in [-0.39, 0.29) is 35.9 Å². The molecule has 0 aromatic rings. The minimum atomic E-state index is -1.28. The number of hydrogen-bond acceptors (Lipinski definition) is 9. The Kier molecular flexibility index (Phi) is 15.0. The molecule has 10 atom stereocenters. The van der Waals surface area contributed by atoms with Crippen LogP contribution in [0.25, 0.3) is 0 Å². The number of ether oxygens (including phenoxy) is 1. The molecule has 6 N–H and O–H groups in total. The molecule has 3 saturated carbocycles. The number of fused-ring (bicyclic) bond motifs is 4. The molecule has 0 saturated heterocycles. The number of rotatable bonds is 19. The molecule has 0 aromatic carbocycles. The number of hydrogen-bond donors (Lipinski definition) is 5. The highest BCUT2D eigenvalue weighted by Crippen LogP contribution is 2.68. The van der Waals surface area contributed by atoms with Crippen LogP contribution in [-0.2, 0) is 33.5 Å². The first-order valence-electron chi connectivity index (χ1n) is 19.7. The SMILES string of the molecule is CC(C)CCCC(C)C1CCC2CC3CC=C4CC(OC(=O)C(=O)CSCC(NC(=O)CCC(N)C(=O)O)C(=O)NCC(=O)O)CCC4C3(C)CC21C. The zero-order chi connectivity index (χ0) is 39.1. The van der Waals surface area contributed by atoms with Crippen molar-refractivity contribution < 1.29 is 43.7 Å². The molecule has 10 unspecified atom stereocenters. The van der Waals surface area contributed by atoms with Crippen LogP contribution in [0.4, 0.5) is 0 Å². The van der Waals surface area contributed by atoms with Crippen molar-refractivity contribution in [2.75, 3.05) is 18.1 Å². The summed E-state index contributed by atoms with van der Waals surface area (Å²) in [5, 5.41) is 22.5. The van der Waals surface area contributed by atoms with Crippen molar-refractivity contribution in [3.8, 4) is 0 Å². The summed E-state index contributed by atoms with van der Waals surface area (Å²) in [5.41, 5.74) is 7.38. The highest BCUT2D eigenvalue weighted by molar-refractivity contribution is 8.00. The first-order valence-corrected chi connectivity index (χ1v) is 20.9. The van der Waals surface area contributed by atoms with E-state index in [0.29, 0.717) is 30.1 Å². The summed E-state index contributed by atoms with van der Waals surface area (Å²) >= 11 is 0.935. The number of Topliss-reactive ketones (excluding diaryl/α,β-unsaturated/α-hetero) is 1. The molecule has 0 radical (unpaired) electrons. The number of esters is 1. The summed E-state index contributed by atoms with van der Waals surface area (Å²) in [5.74, 6) is -1.94. The summed E-state index contributed by atoms with van der Waals surface area (Å²) in [6, 6.07) is -2.48. The molecule has 13 heteroatoms. The number of allylic oxidation sites excluding steroid dienone is 1. The van der Waals surface area contributed by atoms with Crippen LogP contribution in [-0.4, -0.2) is 82.0 Å². The third-order valence-electron chi connectivity index (χ3n) is 13.2. The highest BCUT2D eigenvalue weighted by atomic mass is 32.2. The molecular formula is C40H63N3O9S. The number of amides is 2. The van der Waals surface area contributed by atoms with Crippen LogP contribution in [0.5, 0.6) is 0 Å². The van der Waals surface area contributed by atoms with Gasteiger partial charge in [0.1, 0.15) is 24.7 Å². The topological polar surface area (TPSA) is 202 Å². The molecule has 3 fully saturated rings. The molecule has 0 heterocycles. The van der Waals surface area contributed by atoms with E-state index in [1.165, 1.54) is 50.5 Å². The van der Waals surface area contributed by atoms with Crippen LogP contribution in [0.15, 0.2) is 11.6 Å². The maximum atomic E-state index is 12.9. The molecular weight excluding hydrogens is 699 g/mol. The van der Waals surface area contributed by atoms with Gasteiger partial charge in [-0.15, -0.1) is 0 Å². The standard InChI is InChI=1S/C40H63N3O9S/c1-23(2)7-6-8-24(3)29-13-11-27-18-26-10-9-25-17-28(12-14-30(25)40(26,5)22-39(27,29)4)52-38(51)33(44)21-53-20-32(36(48)42-19-35(46)47)43-34(45)16-15-31(41)37(49)50/h9,23-24,26-32H,6-8,10-22,41H2,1-5H3,(H,42,48)(H,43,45)(H,46,47)(H,49,50). The molecule has 0 aliphatic heterocycles. The van der Waals surface area contributed by atoms with Crippen LogP contribution in [0.3, 0.4) is 0 Å². The van der Waals surface area contributed by atoms with Gasteiger partial charge in [0, 0.05) is 18.6 Å². The predicted molar refractivity (Wildman–Crippen MR) is 203 cm³/mol. The van der Waals surface area contributed by atoms with E-state index in [2.05, 4.69) is 51.3 Å². The highest BCUT2D eigenvalue weighted by Gasteiger charge is 2.60. The monoisotopic (exact) mass is 761 g/mol. The van der Waals surface area contributed by atoms with E-state index in [1.807, 2.05) is 0 Å². The lowest BCUT2D eigenvalue weighted by atomic mass is 9.45. The fourth-order valence-electron chi connectivity index (χ4n) is 10.4. The van der Waals surface area contributed by atoms with Crippen molar-refractivity contribution in [2.24, 2.45) is 52.1 Å². The molecule has 4 aliphatic carbocycles. The van der Waals surface area contributed by atoms with Gasteiger partial charge in [-0.1, -0.05) is 65.5 Å². The number of nitrogens with one attached hydrogen (secondary N) is 2. The Morgan fingerprint density at radius 1 is 0.981 bits per heavy atom. The van der Waals surface area contributed by atoms with E-state index >= 15 is 0 Å².